The second-order valence-corrected chi connectivity index (χ2v) is 6.48. The summed E-state index contributed by atoms with van der Waals surface area (Å²) in [6.45, 7) is 3.46. The van der Waals surface area contributed by atoms with Gasteiger partial charge in [0.25, 0.3) is 0 Å². The van der Waals surface area contributed by atoms with Gasteiger partial charge in [0.2, 0.25) is 0 Å². The normalized spacial score (nSPS) is 20.2. The molecule has 132 valence electrons. The maximum Gasteiger partial charge on any atom is 0.311 e. The summed E-state index contributed by atoms with van der Waals surface area (Å²) in [5, 5.41) is 19.5. The Balaban J connectivity index is 2.36. The van der Waals surface area contributed by atoms with Gasteiger partial charge in [-0.1, -0.05) is 60.7 Å². The van der Waals surface area contributed by atoms with Crippen molar-refractivity contribution in [3.05, 3.63) is 82.9 Å². The number of aliphatic carboxylic acids is 2. The van der Waals surface area contributed by atoms with Crippen LogP contribution in [0.5, 0.6) is 0 Å². The fourth-order valence-electron chi connectivity index (χ4n) is 3.81. The first-order valence-corrected chi connectivity index (χ1v) is 8.41. The van der Waals surface area contributed by atoms with E-state index in [-0.39, 0.29) is 0 Å². The van der Waals surface area contributed by atoms with Crippen LogP contribution in [0.25, 0.3) is 11.1 Å². The van der Waals surface area contributed by atoms with Crippen LogP contribution in [-0.4, -0.2) is 22.2 Å². The minimum absolute atomic E-state index is 0.570. The zero-order chi connectivity index (χ0) is 18.8. The second kappa shape index (κ2) is 7.00. The topological polar surface area (TPSA) is 74.6 Å². The molecular formula is C22H20O4. The Kier molecular flexibility index (Phi) is 4.76. The van der Waals surface area contributed by atoms with Crippen molar-refractivity contribution in [3.63, 3.8) is 0 Å². The third kappa shape index (κ3) is 2.94. The van der Waals surface area contributed by atoms with Gasteiger partial charge in [-0.25, -0.2) is 0 Å². The maximum absolute atomic E-state index is 11.9. The molecule has 0 fully saturated rings. The largest absolute Gasteiger partial charge is 0.481 e. The third-order valence-electron chi connectivity index (χ3n) is 4.96. The van der Waals surface area contributed by atoms with Gasteiger partial charge in [0.05, 0.1) is 11.8 Å². The van der Waals surface area contributed by atoms with Crippen LogP contribution in [0.2, 0.25) is 0 Å². The van der Waals surface area contributed by atoms with Crippen molar-refractivity contribution in [1.29, 1.82) is 0 Å². The van der Waals surface area contributed by atoms with E-state index in [0.717, 1.165) is 22.3 Å². The summed E-state index contributed by atoms with van der Waals surface area (Å²) >= 11 is 0. The van der Waals surface area contributed by atoms with Gasteiger partial charge in [-0.2, -0.15) is 0 Å². The number of allylic oxidation sites excluding steroid dienone is 2. The number of carbonyl (C=O) groups is 2. The highest BCUT2D eigenvalue weighted by Gasteiger charge is 2.42. The Morgan fingerprint density at radius 2 is 0.962 bits per heavy atom. The lowest BCUT2D eigenvalue weighted by Gasteiger charge is -2.33. The molecule has 4 nitrogen and oxygen atoms in total. The maximum atomic E-state index is 11.9. The van der Waals surface area contributed by atoms with Gasteiger partial charge in [-0.3, -0.25) is 9.59 Å². The van der Waals surface area contributed by atoms with Crippen LogP contribution >= 0.6 is 0 Å². The van der Waals surface area contributed by atoms with Crippen molar-refractivity contribution >= 4 is 23.1 Å². The standard InChI is InChI=1S/C22H20O4/c1-13-17(15-9-5-3-6-10-15)18(16-11-7-4-8-12-16)14(2)20(22(25)26)19(13)21(23)24/h3-12,19-20H,1-2H3,(H,23,24)(H,25,26). The van der Waals surface area contributed by atoms with E-state index in [1.807, 2.05) is 60.7 Å². The first-order valence-electron chi connectivity index (χ1n) is 8.41. The van der Waals surface area contributed by atoms with Gasteiger partial charge in [0.15, 0.2) is 0 Å². The van der Waals surface area contributed by atoms with E-state index in [2.05, 4.69) is 0 Å². The third-order valence-corrected chi connectivity index (χ3v) is 4.96. The molecule has 2 atom stereocenters. The Bertz CT molecular complexity index is 830. The molecule has 3 rings (SSSR count). The average Bonchev–Trinajstić information content (AvgIpc) is 2.63. The lowest BCUT2D eigenvalue weighted by molar-refractivity contribution is -0.150. The fraction of sp³-hybridized carbons (Fsp3) is 0.182. The molecular weight excluding hydrogens is 328 g/mol. The van der Waals surface area contributed by atoms with E-state index in [0.29, 0.717) is 11.1 Å². The molecule has 1 aliphatic carbocycles. The number of hydrogen-bond acceptors (Lipinski definition) is 2. The van der Waals surface area contributed by atoms with Crippen LogP contribution in [0.1, 0.15) is 25.0 Å². The predicted molar refractivity (Wildman–Crippen MR) is 100 cm³/mol. The molecule has 1 aliphatic rings. The summed E-state index contributed by atoms with van der Waals surface area (Å²) in [7, 11) is 0. The quantitative estimate of drug-likeness (QED) is 0.861. The van der Waals surface area contributed by atoms with Gasteiger partial charge in [0, 0.05) is 0 Å². The van der Waals surface area contributed by atoms with Crippen LogP contribution in [-0.2, 0) is 9.59 Å². The van der Waals surface area contributed by atoms with Crippen molar-refractivity contribution in [3.8, 4) is 0 Å². The minimum Gasteiger partial charge on any atom is -0.481 e. The van der Waals surface area contributed by atoms with E-state index >= 15 is 0 Å². The van der Waals surface area contributed by atoms with Gasteiger partial charge in [-0.05, 0) is 47.3 Å². The second-order valence-electron chi connectivity index (χ2n) is 6.48. The summed E-state index contributed by atoms with van der Waals surface area (Å²) in [5.41, 5.74) is 4.52. The molecule has 0 aliphatic heterocycles. The fourth-order valence-corrected chi connectivity index (χ4v) is 3.81. The highest BCUT2D eigenvalue weighted by molar-refractivity contribution is 6.11. The van der Waals surface area contributed by atoms with Gasteiger partial charge in [0.1, 0.15) is 0 Å². The zero-order valence-corrected chi connectivity index (χ0v) is 14.6. The number of rotatable bonds is 4. The van der Waals surface area contributed by atoms with Crippen molar-refractivity contribution in [2.24, 2.45) is 11.8 Å². The average molecular weight is 348 g/mol. The highest BCUT2D eigenvalue weighted by Crippen LogP contribution is 2.47. The molecule has 2 aromatic rings. The predicted octanol–water partition coefficient (Wildman–Crippen LogP) is 4.35. The minimum atomic E-state index is -1.12. The van der Waals surface area contributed by atoms with E-state index in [1.54, 1.807) is 13.8 Å². The first kappa shape index (κ1) is 17.7. The summed E-state index contributed by atoms with van der Waals surface area (Å²) in [6, 6.07) is 19.1. The molecule has 0 amide bonds. The first-order chi connectivity index (χ1) is 12.4. The molecule has 0 saturated heterocycles. The molecule has 4 heteroatoms. The SMILES string of the molecule is CC1=C(c2ccccc2)C(c2ccccc2)=C(C)C(C(=O)O)C1C(=O)O. The summed E-state index contributed by atoms with van der Waals surface area (Å²) in [5.74, 6) is -4.41. The number of carboxylic acids is 2. The molecule has 0 radical (unpaired) electrons. The molecule has 26 heavy (non-hydrogen) atoms. The van der Waals surface area contributed by atoms with E-state index in [1.165, 1.54) is 0 Å². The zero-order valence-electron chi connectivity index (χ0n) is 14.6. The molecule has 0 bridgehead atoms. The summed E-state index contributed by atoms with van der Waals surface area (Å²) < 4.78 is 0. The monoisotopic (exact) mass is 348 g/mol. The van der Waals surface area contributed by atoms with Gasteiger partial charge < -0.3 is 10.2 Å². The van der Waals surface area contributed by atoms with Crippen LogP contribution in [0.4, 0.5) is 0 Å². The van der Waals surface area contributed by atoms with Gasteiger partial charge in [-0.15, -0.1) is 0 Å². The summed E-state index contributed by atoms with van der Waals surface area (Å²) in [4.78, 5) is 23.9. The molecule has 2 unspecified atom stereocenters. The lowest BCUT2D eigenvalue weighted by Crippen LogP contribution is -2.35. The molecule has 0 heterocycles. The van der Waals surface area contributed by atoms with Crippen molar-refractivity contribution < 1.29 is 19.8 Å². The van der Waals surface area contributed by atoms with E-state index in [9.17, 15) is 19.8 Å². The van der Waals surface area contributed by atoms with Crippen LogP contribution < -0.4 is 0 Å². The van der Waals surface area contributed by atoms with Crippen molar-refractivity contribution in [2.75, 3.05) is 0 Å². The molecule has 0 spiro atoms. The molecule has 0 saturated carbocycles. The smallest absolute Gasteiger partial charge is 0.311 e. The molecule has 0 aromatic heterocycles. The molecule has 2 N–H and O–H groups in total. The highest BCUT2D eigenvalue weighted by atomic mass is 16.4. The Morgan fingerprint density at radius 1 is 0.654 bits per heavy atom. The van der Waals surface area contributed by atoms with Crippen molar-refractivity contribution in [2.45, 2.75) is 13.8 Å². The van der Waals surface area contributed by atoms with Crippen LogP contribution in [0.15, 0.2) is 71.8 Å². The van der Waals surface area contributed by atoms with E-state index < -0.39 is 23.8 Å². The van der Waals surface area contributed by atoms with Gasteiger partial charge >= 0.3 is 11.9 Å². The Morgan fingerprint density at radius 3 is 1.23 bits per heavy atom. The van der Waals surface area contributed by atoms with E-state index in [4.69, 9.17) is 0 Å². The molecule has 2 aromatic carbocycles. The number of hydrogen-bond donors (Lipinski definition) is 2. The lowest BCUT2D eigenvalue weighted by atomic mass is 9.69. The Hall–Kier alpha value is -3.14. The van der Waals surface area contributed by atoms with Crippen LogP contribution in [0.3, 0.4) is 0 Å². The summed E-state index contributed by atoms with van der Waals surface area (Å²) in [6.07, 6.45) is 0. The van der Waals surface area contributed by atoms with Crippen molar-refractivity contribution in [1.82, 2.24) is 0 Å². The number of benzene rings is 2. The number of carboxylic acid groups (broad SMARTS) is 2. The van der Waals surface area contributed by atoms with Crippen LogP contribution in [0, 0.1) is 11.8 Å². The Labute approximate surface area is 152 Å².